The number of halogens is 3. The van der Waals surface area contributed by atoms with E-state index in [2.05, 4.69) is 10.2 Å². The minimum absolute atomic E-state index is 0.0617. The predicted molar refractivity (Wildman–Crippen MR) is 65.5 cm³/mol. The molecule has 0 radical (unpaired) electrons. The van der Waals surface area contributed by atoms with Crippen LogP contribution in [0.2, 0.25) is 0 Å². The molecule has 0 N–H and O–H groups in total. The van der Waals surface area contributed by atoms with Crippen molar-refractivity contribution in [3.8, 4) is 17.2 Å². The van der Waals surface area contributed by atoms with Gasteiger partial charge in [-0.15, -0.1) is 10.2 Å². The largest absolute Gasteiger partial charge is 0.497 e. The molecule has 2 aromatic rings. The summed E-state index contributed by atoms with van der Waals surface area (Å²) in [5.74, 6) is 0.956. The molecule has 0 saturated carbocycles. The molecule has 1 aromatic heterocycles. The van der Waals surface area contributed by atoms with Crippen LogP contribution in [0.25, 0.3) is 11.5 Å². The third-order valence-electron chi connectivity index (χ3n) is 2.00. The Bertz CT molecular complexity index is 505. The van der Waals surface area contributed by atoms with Gasteiger partial charge < -0.3 is 9.15 Å². The van der Waals surface area contributed by atoms with Gasteiger partial charge in [0.1, 0.15) is 5.75 Å². The quantitative estimate of drug-likeness (QED) is 0.794. The van der Waals surface area contributed by atoms with Gasteiger partial charge in [-0.05, 0) is 24.3 Å². The number of methoxy groups -OCH3 is 1. The first-order chi connectivity index (χ1) is 8.00. The molecule has 4 nitrogen and oxygen atoms in total. The summed E-state index contributed by atoms with van der Waals surface area (Å²) < 4.78 is 8.57. The highest BCUT2D eigenvalue weighted by Gasteiger charge is 2.30. The summed E-state index contributed by atoms with van der Waals surface area (Å²) in [6.45, 7) is 0. The van der Waals surface area contributed by atoms with Crippen molar-refractivity contribution in [3.63, 3.8) is 0 Å². The summed E-state index contributed by atoms with van der Waals surface area (Å²) in [5.41, 5.74) is 0.721. The Morgan fingerprint density at radius 1 is 1.12 bits per heavy atom. The van der Waals surface area contributed by atoms with Gasteiger partial charge in [-0.2, -0.15) is 0 Å². The second kappa shape index (κ2) is 4.72. The molecule has 0 aliphatic carbocycles. The number of hydrogen-bond acceptors (Lipinski definition) is 4. The van der Waals surface area contributed by atoms with E-state index in [9.17, 15) is 0 Å². The van der Waals surface area contributed by atoms with Gasteiger partial charge in [0.25, 0.3) is 9.68 Å². The van der Waals surface area contributed by atoms with Crippen LogP contribution in [0, 0.1) is 0 Å². The first kappa shape index (κ1) is 12.5. The normalized spacial score (nSPS) is 11.5. The van der Waals surface area contributed by atoms with E-state index in [0.717, 1.165) is 11.3 Å². The van der Waals surface area contributed by atoms with Crippen LogP contribution in [0.5, 0.6) is 5.75 Å². The number of nitrogens with zero attached hydrogens (tertiary/aromatic N) is 2. The highest BCUT2D eigenvalue weighted by atomic mass is 35.6. The van der Waals surface area contributed by atoms with E-state index in [0.29, 0.717) is 0 Å². The van der Waals surface area contributed by atoms with Crippen LogP contribution in [0.3, 0.4) is 0 Å². The lowest BCUT2D eigenvalue weighted by Crippen LogP contribution is -1.99. The maximum absolute atomic E-state index is 5.62. The summed E-state index contributed by atoms with van der Waals surface area (Å²) in [4.78, 5) is 0. The van der Waals surface area contributed by atoms with Crippen LogP contribution in [-0.2, 0) is 3.79 Å². The minimum atomic E-state index is -1.71. The van der Waals surface area contributed by atoms with Crippen molar-refractivity contribution in [2.45, 2.75) is 3.79 Å². The van der Waals surface area contributed by atoms with Gasteiger partial charge in [0.2, 0.25) is 5.89 Å². The zero-order valence-electron chi connectivity index (χ0n) is 8.65. The van der Waals surface area contributed by atoms with Gasteiger partial charge >= 0.3 is 0 Å². The fourth-order valence-corrected chi connectivity index (χ4v) is 1.42. The van der Waals surface area contributed by atoms with Crippen molar-refractivity contribution in [2.75, 3.05) is 7.11 Å². The van der Waals surface area contributed by atoms with E-state index < -0.39 is 3.79 Å². The Hall–Kier alpha value is -0.970. The highest BCUT2D eigenvalue weighted by molar-refractivity contribution is 6.66. The van der Waals surface area contributed by atoms with Crippen molar-refractivity contribution >= 4 is 34.8 Å². The standard InChI is InChI=1S/C10H7Cl3N2O2/c1-16-7-4-2-6(3-5-7)8-14-15-9(17-8)10(11,12)13/h2-5H,1H3. The van der Waals surface area contributed by atoms with Crippen molar-refractivity contribution in [1.82, 2.24) is 10.2 Å². The molecular formula is C10H7Cl3N2O2. The van der Waals surface area contributed by atoms with Crippen LogP contribution in [-0.4, -0.2) is 17.3 Å². The Labute approximate surface area is 112 Å². The molecule has 17 heavy (non-hydrogen) atoms. The average molecular weight is 294 g/mol. The molecule has 0 unspecified atom stereocenters. The number of aromatic nitrogens is 2. The zero-order chi connectivity index (χ0) is 12.5. The molecule has 0 aliphatic heterocycles. The molecule has 7 heteroatoms. The van der Waals surface area contributed by atoms with Crippen LogP contribution in [0.1, 0.15) is 5.89 Å². The lowest BCUT2D eigenvalue weighted by Gasteiger charge is -2.02. The number of ether oxygens (including phenoxy) is 1. The molecule has 0 amide bonds. The van der Waals surface area contributed by atoms with Gasteiger partial charge in [-0.1, -0.05) is 34.8 Å². The smallest absolute Gasteiger partial charge is 0.268 e. The van der Waals surface area contributed by atoms with E-state index in [1.165, 1.54) is 0 Å². The van der Waals surface area contributed by atoms with Crippen molar-refractivity contribution in [2.24, 2.45) is 0 Å². The van der Waals surface area contributed by atoms with Gasteiger partial charge in [-0.25, -0.2) is 0 Å². The minimum Gasteiger partial charge on any atom is -0.497 e. The van der Waals surface area contributed by atoms with Crippen molar-refractivity contribution in [3.05, 3.63) is 30.2 Å². The Morgan fingerprint density at radius 3 is 2.24 bits per heavy atom. The molecule has 1 aromatic carbocycles. The van der Waals surface area contributed by atoms with Crippen LogP contribution < -0.4 is 4.74 Å². The van der Waals surface area contributed by atoms with E-state index in [1.54, 1.807) is 31.4 Å². The van der Waals surface area contributed by atoms with E-state index in [4.69, 9.17) is 44.0 Å². The zero-order valence-corrected chi connectivity index (χ0v) is 10.9. The maximum Gasteiger partial charge on any atom is 0.268 e. The molecule has 0 spiro atoms. The molecular weight excluding hydrogens is 286 g/mol. The van der Waals surface area contributed by atoms with Gasteiger partial charge in [0.05, 0.1) is 7.11 Å². The molecule has 0 bridgehead atoms. The summed E-state index contributed by atoms with van der Waals surface area (Å²) in [6, 6.07) is 7.09. The van der Waals surface area contributed by atoms with Crippen molar-refractivity contribution in [1.29, 1.82) is 0 Å². The lowest BCUT2D eigenvalue weighted by molar-refractivity contribution is 0.415. The van der Waals surface area contributed by atoms with Crippen molar-refractivity contribution < 1.29 is 9.15 Å². The number of alkyl halides is 3. The summed E-state index contributed by atoms with van der Waals surface area (Å²) in [6.07, 6.45) is 0. The van der Waals surface area contributed by atoms with E-state index >= 15 is 0 Å². The fraction of sp³-hybridized carbons (Fsp3) is 0.200. The summed E-state index contributed by atoms with van der Waals surface area (Å²) in [7, 11) is 1.59. The first-order valence-corrected chi connectivity index (χ1v) is 5.69. The first-order valence-electron chi connectivity index (χ1n) is 4.56. The van der Waals surface area contributed by atoms with Crippen LogP contribution in [0.15, 0.2) is 28.7 Å². The molecule has 0 saturated heterocycles. The Morgan fingerprint density at radius 2 is 1.76 bits per heavy atom. The van der Waals surface area contributed by atoms with E-state index in [-0.39, 0.29) is 11.8 Å². The predicted octanol–water partition coefficient (Wildman–Crippen LogP) is 3.57. The molecule has 0 aliphatic rings. The lowest BCUT2D eigenvalue weighted by atomic mass is 10.2. The van der Waals surface area contributed by atoms with Crippen LogP contribution >= 0.6 is 34.8 Å². The molecule has 0 fully saturated rings. The molecule has 90 valence electrons. The SMILES string of the molecule is COc1ccc(-c2nnc(C(Cl)(Cl)Cl)o2)cc1. The average Bonchev–Trinajstić information content (AvgIpc) is 2.78. The highest BCUT2D eigenvalue weighted by Crippen LogP contribution is 2.38. The van der Waals surface area contributed by atoms with Gasteiger partial charge in [-0.3, -0.25) is 0 Å². The maximum atomic E-state index is 5.62. The summed E-state index contributed by atoms with van der Waals surface area (Å²) >= 11 is 16.9. The fourth-order valence-electron chi connectivity index (χ4n) is 1.19. The summed E-state index contributed by atoms with van der Waals surface area (Å²) in [5, 5.41) is 7.46. The Kier molecular flexibility index (Phi) is 3.47. The Balaban J connectivity index is 2.30. The number of hydrogen-bond donors (Lipinski definition) is 0. The second-order valence-electron chi connectivity index (χ2n) is 3.14. The van der Waals surface area contributed by atoms with Crippen LogP contribution in [0.4, 0.5) is 0 Å². The van der Waals surface area contributed by atoms with Gasteiger partial charge in [0, 0.05) is 5.56 Å². The van der Waals surface area contributed by atoms with E-state index in [1.807, 2.05) is 0 Å². The topological polar surface area (TPSA) is 48.2 Å². The van der Waals surface area contributed by atoms with Gasteiger partial charge in [0.15, 0.2) is 0 Å². The monoisotopic (exact) mass is 292 g/mol. The second-order valence-corrected chi connectivity index (χ2v) is 5.42. The molecule has 1 heterocycles. The third-order valence-corrected chi connectivity index (χ3v) is 2.49. The molecule has 2 rings (SSSR count). The molecule has 0 atom stereocenters. The third kappa shape index (κ3) is 2.83. The number of rotatable bonds is 2. The number of benzene rings is 1.